The summed E-state index contributed by atoms with van der Waals surface area (Å²) in [5.74, 6) is 1.63. The first-order valence-corrected chi connectivity index (χ1v) is 22.9. The zero-order valence-electron chi connectivity index (χ0n) is 44.0. The topological polar surface area (TPSA) is 192 Å². The minimum atomic E-state index is 0. The van der Waals surface area contributed by atoms with Crippen LogP contribution in [-0.4, -0.2) is 206 Å². The molecule has 3 aliphatic rings. The van der Waals surface area contributed by atoms with Crippen LogP contribution in [0.2, 0.25) is 0 Å². The maximum Gasteiger partial charge on any atom is 0.219 e. The van der Waals surface area contributed by atoms with Gasteiger partial charge in [-0.05, 0) is 57.3 Å². The number of carbonyl (C=O) groups excluding carboxylic acids is 9. The summed E-state index contributed by atoms with van der Waals surface area (Å²) in [6.45, 7) is 32.5. The molecule has 19 heteroatoms. The first kappa shape index (κ1) is 71.3. The van der Waals surface area contributed by atoms with Crippen molar-refractivity contribution in [3.8, 4) is 0 Å². The number of likely N-dealkylation sites (N-methyl/N-ethyl adjacent to an activating group) is 4. The molecule has 3 aliphatic heterocycles. The first-order valence-electron chi connectivity index (χ1n) is 22.9. The second-order valence-electron chi connectivity index (χ2n) is 16.4. The normalized spacial score (nSPS) is 13.6. The summed E-state index contributed by atoms with van der Waals surface area (Å²) in [5, 5.41) is 2.39. The maximum absolute atomic E-state index is 10.8. The molecule has 383 valence electrons. The number of hydrogen-bond donors (Lipinski definition) is 1. The van der Waals surface area contributed by atoms with Crippen LogP contribution in [0.25, 0.3) is 0 Å². The number of piperidine rings is 3. The van der Waals surface area contributed by atoms with E-state index < -0.39 is 0 Å². The summed E-state index contributed by atoms with van der Waals surface area (Å²) in [4.78, 5) is 109. The minimum Gasteiger partial charge on any atom is -0.403 e. The second kappa shape index (κ2) is 43.9. The molecule has 0 saturated carbocycles. The van der Waals surface area contributed by atoms with E-state index in [1.165, 1.54) is 92.9 Å². The zero-order valence-corrected chi connectivity index (χ0v) is 46.8. The van der Waals surface area contributed by atoms with Gasteiger partial charge in [0.25, 0.3) is 0 Å². The van der Waals surface area contributed by atoms with E-state index in [4.69, 9.17) is 0 Å². The van der Waals surface area contributed by atoms with Gasteiger partial charge < -0.3 is 58.4 Å². The summed E-state index contributed by atoms with van der Waals surface area (Å²) >= 11 is 0. The van der Waals surface area contributed by atoms with E-state index in [0.29, 0.717) is 39.3 Å². The van der Waals surface area contributed by atoms with Crippen LogP contribution in [0.3, 0.4) is 0 Å². The van der Waals surface area contributed by atoms with Crippen molar-refractivity contribution < 1.29 is 75.9 Å². The Morgan fingerprint density at radius 3 is 0.818 bits per heavy atom. The van der Waals surface area contributed by atoms with Gasteiger partial charge in [0.2, 0.25) is 53.2 Å². The van der Waals surface area contributed by atoms with Gasteiger partial charge in [0.1, 0.15) is 0 Å². The van der Waals surface area contributed by atoms with Gasteiger partial charge in [0.05, 0.1) is 0 Å². The Morgan fingerprint density at radius 1 is 0.455 bits per heavy atom. The Bertz CT molecular complexity index is 1270. The van der Waals surface area contributed by atoms with Crippen LogP contribution in [0, 0.1) is 19.8 Å². The van der Waals surface area contributed by atoms with Crippen molar-refractivity contribution in [3.63, 3.8) is 0 Å². The summed E-state index contributed by atoms with van der Waals surface area (Å²) in [7, 11) is 8.47. The third-order valence-corrected chi connectivity index (χ3v) is 10.9. The van der Waals surface area contributed by atoms with Gasteiger partial charge in [-0.25, -0.2) is 0 Å². The fraction of sp³-hybridized carbons (Fsp3) is 0.766. The monoisotopic (exact) mass is 1010 g/mol. The molecule has 0 aliphatic carbocycles. The van der Waals surface area contributed by atoms with E-state index in [2.05, 4.69) is 26.1 Å². The summed E-state index contributed by atoms with van der Waals surface area (Å²) in [6, 6.07) is 0. The average molecular weight is 1020 g/mol. The largest absolute Gasteiger partial charge is 0.403 e. The number of likely N-dealkylation sites (tertiary alicyclic amines) is 3. The number of hydrogen-bond acceptors (Lipinski definition) is 9. The molecule has 0 spiro atoms. The Kier molecular flexibility index (Phi) is 47.4. The minimum absolute atomic E-state index is 0. The average Bonchev–Trinajstić information content (AvgIpc) is 3.26. The van der Waals surface area contributed by atoms with Crippen LogP contribution in [-0.2, 0) is 75.9 Å². The molecule has 3 saturated heterocycles. The van der Waals surface area contributed by atoms with E-state index in [9.17, 15) is 43.2 Å². The third kappa shape index (κ3) is 42.9. The van der Waals surface area contributed by atoms with Gasteiger partial charge in [0.15, 0.2) is 0 Å². The van der Waals surface area contributed by atoms with E-state index >= 15 is 0 Å². The number of amides is 9. The van der Waals surface area contributed by atoms with E-state index in [1.807, 2.05) is 14.7 Å². The van der Waals surface area contributed by atoms with Crippen LogP contribution in [0.4, 0.5) is 0 Å². The molecule has 3 heterocycles. The molecule has 0 atom stereocenters. The van der Waals surface area contributed by atoms with Gasteiger partial charge in [0, 0.05) is 196 Å². The molecule has 0 unspecified atom stereocenters. The Balaban J connectivity index is -0.000000221. The molecule has 0 aromatic carbocycles. The number of carbonyl (C=O) groups is 9. The smallest absolute Gasteiger partial charge is 0.219 e. The molecular weight excluding hydrogens is 923 g/mol. The van der Waals surface area contributed by atoms with Gasteiger partial charge in [-0.15, -0.1) is 13.1 Å². The fourth-order valence-corrected chi connectivity index (χ4v) is 5.40. The van der Waals surface area contributed by atoms with E-state index in [-0.39, 0.29) is 85.9 Å². The molecule has 1 N–H and O–H groups in total. The Hall–Kier alpha value is -3.67. The summed E-state index contributed by atoms with van der Waals surface area (Å²) < 4.78 is 0. The van der Waals surface area contributed by atoms with Crippen molar-refractivity contribution in [2.24, 2.45) is 5.92 Å². The Labute approximate surface area is 425 Å². The van der Waals surface area contributed by atoms with Gasteiger partial charge in [-0.1, -0.05) is 6.92 Å². The van der Waals surface area contributed by atoms with Crippen molar-refractivity contribution in [2.45, 2.75) is 121 Å². The predicted octanol–water partition coefficient (Wildman–Crippen LogP) is 3.44. The molecule has 3 rings (SSSR count). The van der Waals surface area contributed by atoms with Crippen LogP contribution in [0.1, 0.15) is 121 Å². The van der Waals surface area contributed by atoms with Crippen molar-refractivity contribution in [3.05, 3.63) is 13.8 Å². The van der Waals surface area contributed by atoms with Gasteiger partial charge >= 0.3 is 0 Å². The Morgan fingerprint density at radius 2 is 0.682 bits per heavy atom. The molecule has 9 amide bonds. The molecule has 18 nitrogen and oxygen atoms in total. The first-order chi connectivity index (χ1) is 30.2. The van der Waals surface area contributed by atoms with Crippen LogP contribution >= 0.6 is 0 Å². The van der Waals surface area contributed by atoms with Crippen molar-refractivity contribution in [2.75, 3.05) is 114 Å². The standard InChI is InChI=1S/2C8H16N2O2.C8H15NO.2C7H13NO.C6H11NO.C3H7NO.Y/c2*1-7(11)9(3)5-6-10(4)8(2)12;1-7-3-5-9(6-4-7)8(2)10;2*1-7(9)8-5-3-2-4-6-8;1-4-7(5-2)6(3)8;1-3(5)4-2;/h2*5-6H2,1-4H3;7H,3-6H2,1-2H3;2*2-6H2,1H3;1-2,4-5H2,3H3;1-2H3,(H,4,5);/q;;;;;-2;;. The van der Waals surface area contributed by atoms with E-state index in [1.54, 1.807) is 80.5 Å². The molecule has 0 aromatic rings. The van der Waals surface area contributed by atoms with Crippen molar-refractivity contribution in [1.82, 2.24) is 44.5 Å². The molecule has 1 radical (unpaired) electrons. The second-order valence-corrected chi connectivity index (χ2v) is 16.4. The zero-order chi connectivity index (χ0) is 51.2. The third-order valence-electron chi connectivity index (χ3n) is 10.9. The molecule has 0 bridgehead atoms. The van der Waals surface area contributed by atoms with Crippen LogP contribution in [0.5, 0.6) is 0 Å². The number of nitrogens with one attached hydrogen (secondary N) is 1. The molecular formula is C47H91N9O9Y-2. The summed E-state index contributed by atoms with van der Waals surface area (Å²) in [6.07, 6.45) is 9.73. The van der Waals surface area contributed by atoms with Gasteiger partial charge in [-0.3, -0.25) is 43.2 Å². The molecule has 3 fully saturated rings. The molecule has 0 aromatic heterocycles. The fourth-order valence-electron chi connectivity index (χ4n) is 5.40. The predicted molar refractivity (Wildman–Crippen MR) is 259 cm³/mol. The summed E-state index contributed by atoms with van der Waals surface area (Å²) in [5.41, 5.74) is 0. The van der Waals surface area contributed by atoms with Crippen LogP contribution in [0.15, 0.2) is 0 Å². The van der Waals surface area contributed by atoms with Crippen molar-refractivity contribution >= 4 is 53.2 Å². The number of nitrogens with zero attached hydrogens (tertiary/aromatic N) is 8. The van der Waals surface area contributed by atoms with Crippen molar-refractivity contribution in [1.29, 1.82) is 0 Å². The maximum atomic E-state index is 10.8. The number of rotatable bonds is 8. The SMILES string of the molecule is CC(=O)N(C)CCN(C)C(C)=O.CC(=O)N(C)CCN(C)C(C)=O.CC(=O)N1CCC(C)CC1.CC(=O)N1CCCCC1.CC(=O)N1CCCCC1.CNC(C)=O.[CH2-]CN(C[CH2-])C(C)=O.[Y]. The van der Waals surface area contributed by atoms with Crippen LogP contribution < -0.4 is 5.32 Å². The quantitative estimate of drug-likeness (QED) is 0.355. The van der Waals surface area contributed by atoms with E-state index in [0.717, 1.165) is 45.2 Å². The van der Waals surface area contributed by atoms with Gasteiger partial charge in [-0.2, -0.15) is 0 Å². The molecule has 66 heavy (non-hydrogen) atoms.